The van der Waals surface area contributed by atoms with E-state index in [1.807, 2.05) is 0 Å². The molecule has 1 aromatic rings. The molecular formula is C15H19NO5. The molecule has 21 heavy (non-hydrogen) atoms. The van der Waals surface area contributed by atoms with Crippen LogP contribution in [0.15, 0.2) is 24.3 Å². The van der Waals surface area contributed by atoms with Crippen molar-refractivity contribution in [2.45, 2.75) is 32.5 Å². The number of ether oxygens (including phenoxy) is 3. The Balaban J connectivity index is 2.03. The number of para-hydroxylation sites is 1. The number of carbonyl (C=O) groups excluding carboxylic acids is 2. The molecule has 0 radical (unpaired) electrons. The second kappa shape index (κ2) is 6.13. The Morgan fingerprint density at radius 1 is 1.19 bits per heavy atom. The van der Waals surface area contributed by atoms with Gasteiger partial charge in [0.25, 0.3) is 0 Å². The summed E-state index contributed by atoms with van der Waals surface area (Å²) in [5.41, 5.74) is -0.513. The minimum Gasteiger partial charge on any atom is -0.487 e. The monoisotopic (exact) mass is 293 g/mol. The van der Waals surface area contributed by atoms with Crippen molar-refractivity contribution in [3.05, 3.63) is 29.8 Å². The van der Waals surface area contributed by atoms with Gasteiger partial charge in [-0.05, 0) is 32.9 Å². The van der Waals surface area contributed by atoms with E-state index in [1.54, 1.807) is 45.0 Å². The summed E-state index contributed by atoms with van der Waals surface area (Å²) in [6.07, 6.45) is -0.993. The molecular weight excluding hydrogens is 274 g/mol. The zero-order valence-electron chi connectivity index (χ0n) is 12.3. The lowest BCUT2D eigenvalue weighted by Gasteiger charge is -2.28. The van der Waals surface area contributed by atoms with E-state index in [4.69, 9.17) is 14.2 Å². The fourth-order valence-corrected chi connectivity index (χ4v) is 1.66. The highest BCUT2D eigenvalue weighted by molar-refractivity contribution is 5.97. The molecule has 1 saturated heterocycles. The molecule has 1 heterocycles. The molecule has 1 aliphatic rings. The quantitative estimate of drug-likeness (QED) is 0.680. The van der Waals surface area contributed by atoms with Crippen LogP contribution in [0.1, 0.15) is 31.1 Å². The van der Waals surface area contributed by atoms with Crippen LogP contribution in [0.5, 0.6) is 5.75 Å². The van der Waals surface area contributed by atoms with Gasteiger partial charge in [0.1, 0.15) is 23.0 Å². The van der Waals surface area contributed by atoms with Gasteiger partial charge in [0.05, 0.1) is 0 Å². The summed E-state index contributed by atoms with van der Waals surface area (Å²) in [5, 5.41) is 3.07. The summed E-state index contributed by atoms with van der Waals surface area (Å²) >= 11 is 0. The van der Waals surface area contributed by atoms with Gasteiger partial charge in [-0.25, -0.2) is 9.59 Å². The summed E-state index contributed by atoms with van der Waals surface area (Å²) in [6.45, 7) is 6.54. The Labute approximate surface area is 123 Å². The van der Waals surface area contributed by atoms with Crippen molar-refractivity contribution in [3.63, 3.8) is 0 Å². The fourth-order valence-electron chi connectivity index (χ4n) is 1.66. The molecule has 114 valence electrons. The number of esters is 1. The molecule has 0 amide bonds. The van der Waals surface area contributed by atoms with Crippen LogP contribution in [0.4, 0.5) is 4.79 Å². The van der Waals surface area contributed by atoms with Gasteiger partial charge < -0.3 is 19.5 Å². The third-order valence-electron chi connectivity index (χ3n) is 2.71. The van der Waals surface area contributed by atoms with Crippen LogP contribution in [0.25, 0.3) is 0 Å². The standard InChI is InChI=1S/C15H19NO5/c1-15(2,3)21-14(18)20-13(17)11-6-4-5-7-12(11)19-10-8-16-9-10/h4-7,10,16H,8-9H2,1-3H3. The Morgan fingerprint density at radius 3 is 2.43 bits per heavy atom. The Kier molecular flexibility index (Phi) is 4.47. The van der Waals surface area contributed by atoms with Gasteiger partial charge in [-0.3, -0.25) is 0 Å². The van der Waals surface area contributed by atoms with Gasteiger partial charge in [0, 0.05) is 13.1 Å². The molecule has 0 saturated carbocycles. The number of nitrogens with one attached hydrogen (secondary N) is 1. The van der Waals surface area contributed by atoms with Crippen LogP contribution in [0.3, 0.4) is 0 Å². The van der Waals surface area contributed by atoms with Crippen LogP contribution in [0, 0.1) is 0 Å². The number of hydrogen-bond acceptors (Lipinski definition) is 6. The molecule has 1 N–H and O–H groups in total. The Bertz CT molecular complexity index is 531. The number of rotatable bonds is 3. The van der Waals surface area contributed by atoms with E-state index in [2.05, 4.69) is 5.32 Å². The second-order valence-electron chi connectivity index (χ2n) is 5.75. The van der Waals surface area contributed by atoms with Crippen LogP contribution >= 0.6 is 0 Å². The van der Waals surface area contributed by atoms with Crippen LogP contribution in [-0.2, 0) is 9.47 Å². The fraction of sp³-hybridized carbons (Fsp3) is 0.467. The Hall–Kier alpha value is -2.08. The van der Waals surface area contributed by atoms with E-state index in [0.717, 1.165) is 13.1 Å². The molecule has 0 spiro atoms. The van der Waals surface area contributed by atoms with Gasteiger partial charge >= 0.3 is 12.1 Å². The molecule has 1 aliphatic heterocycles. The molecule has 6 nitrogen and oxygen atoms in total. The van der Waals surface area contributed by atoms with Gasteiger partial charge in [0.15, 0.2) is 0 Å². The van der Waals surface area contributed by atoms with Crippen LogP contribution in [0.2, 0.25) is 0 Å². The normalized spacial score (nSPS) is 15.0. The van der Waals surface area contributed by atoms with E-state index in [0.29, 0.717) is 5.75 Å². The largest absolute Gasteiger partial charge is 0.516 e. The third kappa shape index (κ3) is 4.46. The van der Waals surface area contributed by atoms with E-state index in [-0.39, 0.29) is 11.7 Å². The van der Waals surface area contributed by atoms with Gasteiger partial charge in [-0.15, -0.1) is 0 Å². The van der Waals surface area contributed by atoms with Crippen molar-refractivity contribution in [2.75, 3.05) is 13.1 Å². The van der Waals surface area contributed by atoms with Crippen molar-refractivity contribution < 1.29 is 23.8 Å². The molecule has 2 rings (SSSR count). The SMILES string of the molecule is CC(C)(C)OC(=O)OC(=O)c1ccccc1OC1CNC1. The maximum atomic E-state index is 12.0. The lowest BCUT2D eigenvalue weighted by Crippen LogP contribution is -2.50. The van der Waals surface area contributed by atoms with Crippen molar-refractivity contribution in [3.8, 4) is 5.75 Å². The minimum atomic E-state index is -1.02. The smallest absolute Gasteiger partial charge is 0.487 e. The maximum Gasteiger partial charge on any atom is 0.516 e. The summed E-state index contributed by atoms with van der Waals surface area (Å²) in [4.78, 5) is 23.6. The topological polar surface area (TPSA) is 73.9 Å². The maximum absolute atomic E-state index is 12.0. The highest BCUT2D eigenvalue weighted by Gasteiger charge is 2.25. The Morgan fingerprint density at radius 2 is 1.86 bits per heavy atom. The van der Waals surface area contributed by atoms with E-state index in [9.17, 15) is 9.59 Å². The van der Waals surface area contributed by atoms with Gasteiger partial charge in [0.2, 0.25) is 0 Å². The third-order valence-corrected chi connectivity index (χ3v) is 2.71. The van der Waals surface area contributed by atoms with Crippen LogP contribution in [-0.4, -0.2) is 36.9 Å². The van der Waals surface area contributed by atoms with Crippen LogP contribution < -0.4 is 10.1 Å². The molecule has 0 aromatic heterocycles. The first-order valence-electron chi connectivity index (χ1n) is 6.77. The average molecular weight is 293 g/mol. The van der Waals surface area contributed by atoms with E-state index < -0.39 is 17.7 Å². The van der Waals surface area contributed by atoms with Gasteiger partial charge in [-0.1, -0.05) is 12.1 Å². The molecule has 6 heteroatoms. The highest BCUT2D eigenvalue weighted by atomic mass is 16.7. The predicted octanol–water partition coefficient (Wildman–Crippen LogP) is 2.13. The molecule has 1 fully saturated rings. The molecule has 0 atom stereocenters. The van der Waals surface area contributed by atoms with Crippen molar-refractivity contribution >= 4 is 12.1 Å². The summed E-state index contributed by atoms with van der Waals surface area (Å²) in [6, 6.07) is 6.65. The average Bonchev–Trinajstić information content (AvgIpc) is 2.31. The van der Waals surface area contributed by atoms with Crippen molar-refractivity contribution in [1.29, 1.82) is 0 Å². The van der Waals surface area contributed by atoms with Gasteiger partial charge in [-0.2, -0.15) is 0 Å². The lowest BCUT2D eigenvalue weighted by atomic mass is 10.2. The van der Waals surface area contributed by atoms with Crippen molar-refractivity contribution in [1.82, 2.24) is 5.32 Å². The predicted molar refractivity (Wildman–Crippen MR) is 75.4 cm³/mol. The first-order valence-corrected chi connectivity index (χ1v) is 6.77. The zero-order valence-corrected chi connectivity index (χ0v) is 12.3. The number of carbonyl (C=O) groups is 2. The second-order valence-corrected chi connectivity index (χ2v) is 5.75. The lowest BCUT2D eigenvalue weighted by molar-refractivity contribution is -0.00177. The zero-order chi connectivity index (χ0) is 15.5. The number of hydrogen-bond donors (Lipinski definition) is 1. The molecule has 0 unspecified atom stereocenters. The van der Waals surface area contributed by atoms with E-state index >= 15 is 0 Å². The first kappa shape index (κ1) is 15.3. The summed E-state index contributed by atoms with van der Waals surface area (Å²) < 4.78 is 15.3. The van der Waals surface area contributed by atoms with Crippen molar-refractivity contribution in [2.24, 2.45) is 0 Å². The summed E-state index contributed by atoms with van der Waals surface area (Å²) in [5.74, 6) is -0.385. The molecule has 0 aliphatic carbocycles. The molecule has 0 bridgehead atoms. The minimum absolute atomic E-state index is 0.0282. The summed E-state index contributed by atoms with van der Waals surface area (Å²) in [7, 11) is 0. The highest BCUT2D eigenvalue weighted by Crippen LogP contribution is 2.22. The first-order chi connectivity index (χ1) is 9.85. The molecule has 1 aromatic carbocycles. The van der Waals surface area contributed by atoms with E-state index in [1.165, 1.54) is 0 Å². The number of benzene rings is 1.